The first-order valence-corrected chi connectivity index (χ1v) is 14.1. The van der Waals surface area contributed by atoms with Crippen LogP contribution in [0.3, 0.4) is 0 Å². The Labute approximate surface area is 201 Å². The lowest BCUT2D eigenvalue weighted by Gasteiger charge is -2.60. The van der Waals surface area contributed by atoms with Crippen LogP contribution in [0.4, 0.5) is 0 Å². The van der Waals surface area contributed by atoms with Gasteiger partial charge < -0.3 is 14.9 Å². The summed E-state index contributed by atoms with van der Waals surface area (Å²) in [5, 5.41) is 20.7. The van der Waals surface area contributed by atoms with Gasteiger partial charge in [-0.15, -0.1) is 0 Å². The predicted octanol–water partition coefficient (Wildman–Crippen LogP) is 5.59. The van der Waals surface area contributed by atoms with Crippen LogP contribution in [0, 0.1) is 58.2 Å². The molecular weight excluding hydrogens is 412 g/mol. The van der Waals surface area contributed by atoms with Crippen molar-refractivity contribution in [1.82, 2.24) is 0 Å². The molecule has 5 fully saturated rings. The molecule has 0 amide bonds. The summed E-state index contributed by atoms with van der Waals surface area (Å²) >= 11 is 0. The molecule has 5 aliphatic rings. The molecule has 0 spiro atoms. The zero-order valence-electron chi connectivity index (χ0n) is 21.6. The zero-order chi connectivity index (χ0) is 23.7. The van der Waals surface area contributed by atoms with Crippen LogP contribution >= 0.6 is 0 Å². The molecule has 0 radical (unpaired) electrons. The largest absolute Gasteiger partial charge is 0.393 e. The molecule has 0 aromatic rings. The van der Waals surface area contributed by atoms with E-state index < -0.39 is 6.29 Å². The molecule has 12 atom stereocenters. The molecule has 0 aromatic heterocycles. The fraction of sp³-hybridized carbons (Fsp3) is 0.966. The third-order valence-corrected chi connectivity index (χ3v) is 12.0. The van der Waals surface area contributed by atoms with Gasteiger partial charge in [-0.05, 0) is 104 Å². The fourth-order valence-corrected chi connectivity index (χ4v) is 9.97. The number of carbonyl (C=O) groups is 1. The highest BCUT2D eigenvalue weighted by Gasteiger charge is 2.64. The number of ether oxygens (including phenoxy) is 1. The molecule has 1 saturated heterocycles. The Hall–Kier alpha value is -0.450. The molecule has 4 nitrogen and oxygen atoms in total. The molecule has 0 bridgehead atoms. The van der Waals surface area contributed by atoms with Crippen molar-refractivity contribution in [2.45, 2.75) is 117 Å². The second-order valence-corrected chi connectivity index (χ2v) is 13.7. The highest BCUT2D eigenvalue weighted by molar-refractivity contribution is 5.85. The van der Waals surface area contributed by atoms with Gasteiger partial charge in [-0.1, -0.05) is 34.6 Å². The normalized spacial score (nSPS) is 53.3. The highest BCUT2D eigenvalue weighted by atomic mass is 16.6. The van der Waals surface area contributed by atoms with Crippen molar-refractivity contribution in [3.8, 4) is 0 Å². The lowest BCUT2D eigenvalue weighted by Crippen LogP contribution is -2.55. The predicted molar refractivity (Wildman–Crippen MR) is 129 cm³/mol. The van der Waals surface area contributed by atoms with E-state index in [4.69, 9.17) is 4.74 Å². The van der Waals surface area contributed by atoms with E-state index in [1.54, 1.807) is 0 Å². The monoisotopic (exact) mass is 460 g/mol. The minimum Gasteiger partial charge on any atom is -0.393 e. The number of aliphatic hydroxyl groups is 2. The summed E-state index contributed by atoms with van der Waals surface area (Å²) < 4.78 is 6.12. The van der Waals surface area contributed by atoms with E-state index >= 15 is 0 Å². The van der Waals surface area contributed by atoms with E-state index in [1.165, 1.54) is 19.3 Å². The van der Waals surface area contributed by atoms with Crippen LogP contribution in [0.5, 0.6) is 0 Å². The fourth-order valence-electron chi connectivity index (χ4n) is 9.97. The summed E-state index contributed by atoms with van der Waals surface area (Å²) in [6.45, 7) is 11.7. The molecule has 4 heteroatoms. The highest BCUT2D eigenvalue weighted by Crippen LogP contribution is 2.67. The molecule has 1 aliphatic heterocycles. The van der Waals surface area contributed by atoms with Crippen molar-refractivity contribution in [2.75, 3.05) is 0 Å². The molecule has 2 N–H and O–H groups in total. The van der Waals surface area contributed by atoms with Gasteiger partial charge in [0.1, 0.15) is 5.78 Å². The minimum absolute atomic E-state index is 0.0559. The maximum absolute atomic E-state index is 13.7. The summed E-state index contributed by atoms with van der Waals surface area (Å²) in [7, 11) is 0. The molecular formula is C29H48O4. The third kappa shape index (κ3) is 3.85. The van der Waals surface area contributed by atoms with Gasteiger partial charge in [0.15, 0.2) is 6.29 Å². The number of carbonyl (C=O) groups excluding carboxylic acids is 1. The molecule has 5 rings (SSSR count). The zero-order valence-corrected chi connectivity index (χ0v) is 21.6. The molecule has 4 aliphatic carbocycles. The van der Waals surface area contributed by atoms with Gasteiger partial charge in [0.05, 0.1) is 12.2 Å². The average Bonchev–Trinajstić information content (AvgIpc) is 3.04. The molecule has 12 unspecified atom stereocenters. The van der Waals surface area contributed by atoms with Crippen molar-refractivity contribution in [1.29, 1.82) is 0 Å². The minimum atomic E-state index is -0.660. The van der Waals surface area contributed by atoms with Crippen LogP contribution in [-0.4, -0.2) is 34.5 Å². The topological polar surface area (TPSA) is 66.8 Å². The Morgan fingerprint density at radius 2 is 1.67 bits per heavy atom. The van der Waals surface area contributed by atoms with Gasteiger partial charge in [-0.25, -0.2) is 0 Å². The number of fused-ring (bicyclic) bond motifs is 5. The average molecular weight is 461 g/mol. The SMILES string of the molecule is CC(C)C1CC(O)OC(C(C)C2CC(=O)C3C4CCC5CC(O)CCC5(C)C4CCC23C)C1. The molecule has 33 heavy (non-hydrogen) atoms. The third-order valence-electron chi connectivity index (χ3n) is 12.0. The van der Waals surface area contributed by atoms with E-state index in [-0.39, 0.29) is 23.5 Å². The maximum Gasteiger partial charge on any atom is 0.155 e. The van der Waals surface area contributed by atoms with Gasteiger partial charge >= 0.3 is 0 Å². The second-order valence-electron chi connectivity index (χ2n) is 13.7. The van der Waals surface area contributed by atoms with Crippen molar-refractivity contribution >= 4 is 5.78 Å². The number of ketones is 1. The maximum atomic E-state index is 13.7. The summed E-state index contributed by atoms with van der Waals surface area (Å²) in [5.74, 6) is 4.20. The number of rotatable bonds is 3. The van der Waals surface area contributed by atoms with Gasteiger partial charge in [0.2, 0.25) is 0 Å². The van der Waals surface area contributed by atoms with Crippen LogP contribution in [-0.2, 0) is 9.53 Å². The van der Waals surface area contributed by atoms with Gasteiger partial charge in [-0.2, -0.15) is 0 Å². The second kappa shape index (κ2) is 8.59. The number of hydrogen-bond donors (Lipinski definition) is 2. The van der Waals surface area contributed by atoms with Crippen LogP contribution in [0.15, 0.2) is 0 Å². The summed E-state index contributed by atoms with van der Waals surface area (Å²) in [5.41, 5.74) is 0.364. The van der Waals surface area contributed by atoms with Gasteiger partial charge in [0.25, 0.3) is 0 Å². The number of aliphatic hydroxyl groups excluding tert-OH is 2. The molecule has 188 valence electrons. The van der Waals surface area contributed by atoms with E-state index in [0.29, 0.717) is 59.0 Å². The first-order chi connectivity index (χ1) is 15.5. The molecule has 1 heterocycles. The lowest BCUT2D eigenvalue weighted by molar-refractivity contribution is -0.205. The van der Waals surface area contributed by atoms with Crippen LogP contribution < -0.4 is 0 Å². The van der Waals surface area contributed by atoms with Crippen molar-refractivity contribution in [3.05, 3.63) is 0 Å². The van der Waals surface area contributed by atoms with Crippen LogP contribution in [0.25, 0.3) is 0 Å². The Morgan fingerprint density at radius 1 is 0.939 bits per heavy atom. The quantitative estimate of drug-likeness (QED) is 0.576. The Balaban J connectivity index is 1.37. The van der Waals surface area contributed by atoms with Gasteiger partial charge in [-0.3, -0.25) is 4.79 Å². The van der Waals surface area contributed by atoms with Crippen LogP contribution in [0.2, 0.25) is 0 Å². The first kappa shape index (κ1) is 24.3. The van der Waals surface area contributed by atoms with E-state index in [1.807, 2.05) is 0 Å². The van der Waals surface area contributed by atoms with Gasteiger partial charge in [0, 0.05) is 18.8 Å². The van der Waals surface area contributed by atoms with Crippen molar-refractivity contribution in [3.63, 3.8) is 0 Å². The molecule has 4 saturated carbocycles. The van der Waals surface area contributed by atoms with Crippen LogP contribution in [0.1, 0.15) is 98.8 Å². The summed E-state index contributed by atoms with van der Waals surface area (Å²) in [6, 6.07) is 0. The van der Waals surface area contributed by atoms with Crippen molar-refractivity contribution < 1.29 is 19.7 Å². The Bertz CT molecular complexity index is 750. The molecule has 0 aromatic carbocycles. The smallest absolute Gasteiger partial charge is 0.155 e. The Kier molecular flexibility index (Phi) is 6.31. The summed E-state index contributed by atoms with van der Waals surface area (Å²) in [6.07, 6.45) is 9.49. The Morgan fingerprint density at radius 3 is 2.39 bits per heavy atom. The van der Waals surface area contributed by atoms with E-state index in [2.05, 4.69) is 34.6 Å². The van der Waals surface area contributed by atoms with E-state index in [9.17, 15) is 15.0 Å². The number of hydrogen-bond acceptors (Lipinski definition) is 4. The standard InChI is InChI=1S/C29H48O4/c1-16(2)18-12-25(33-26(32)13-18)17(3)23-15-24(31)27-21-7-6-19-14-20(30)8-10-28(19,4)22(21)9-11-29(23,27)5/h16-23,25-27,30,32H,6-15H2,1-5H3. The lowest BCUT2D eigenvalue weighted by atomic mass is 9.44. The first-order valence-electron chi connectivity index (χ1n) is 14.1. The number of Topliss-reactive ketones (excluding diaryl/α,β-unsaturated/α-hetero) is 1. The van der Waals surface area contributed by atoms with E-state index in [0.717, 1.165) is 38.5 Å². The summed E-state index contributed by atoms with van der Waals surface area (Å²) in [4.78, 5) is 13.7. The van der Waals surface area contributed by atoms with Crippen molar-refractivity contribution in [2.24, 2.45) is 58.2 Å².